The number of benzene rings is 2. The predicted octanol–water partition coefficient (Wildman–Crippen LogP) is 5.65. The summed E-state index contributed by atoms with van der Waals surface area (Å²) >= 11 is 2.99. The maximum absolute atomic E-state index is 14.3. The maximum Gasteiger partial charge on any atom is 0.267 e. The van der Waals surface area contributed by atoms with E-state index in [2.05, 4.69) is 18.7 Å². The van der Waals surface area contributed by atoms with E-state index in [1.54, 1.807) is 35.1 Å². The van der Waals surface area contributed by atoms with E-state index in [1.807, 2.05) is 30.3 Å². The van der Waals surface area contributed by atoms with Gasteiger partial charge in [0.15, 0.2) is 5.16 Å². The van der Waals surface area contributed by atoms with E-state index in [0.717, 1.165) is 41.0 Å². The zero-order valence-electron chi connectivity index (χ0n) is 19.4. The molecule has 8 heteroatoms. The van der Waals surface area contributed by atoms with E-state index < -0.39 is 0 Å². The molecule has 0 bridgehead atoms. The van der Waals surface area contributed by atoms with Gasteiger partial charge < -0.3 is 4.74 Å². The Morgan fingerprint density at radius 1 is 1.18 bits per heavy atom. The van der Waals surface area contributed by atoms with Gasteiger partial charge in [-0.25, -0.2) is 9.37 Å². The highest BCUT2D eigenvalue weighted by Crippen LogP contribution is 2.35. The molecule has 0 radical (unpaired) electrons. The van der Waals surface area contributed by atoms with Crippen molar-refractivity contribution in [1.82, 2.24) is 14.5 Å². The van der Waals surface area contributed by atoms with Crippen molar-refractivity contribution < 1.29 is 9.13 Å². The lowest BCUT2D eigenvalue weighted by Crippen LogP contribution is -2.35. The van der Waals surface area contributed by atoms with Gasteiger partial charge in [0.2, 0.25) is 0 Å². The SMILES string of the molecule is COc1ccc(-n2c(SCc3ccccc3F)nc3sc4c(c3c2=O)CCN(C(C)C)C4)cc1. The Kier molecular flexibility index (Phi) is 6.46. The monoisotopic (exact) mass is 495 g/mol. The van der Waals surface area contributed by atoms with Crippen LogP contribution < -0.4 is 10.3 Å². The number of methoxy groups -OCH3 is 1. The van der Waals surface area contributed by atoms with Crippen molar-refractivity contribution in [2.24, 2.45) is 0 Å². The number of fused-ring (bicyclic) bond motifs is 3. The highest BCUT2D eigenvalue weighted by atomic mass is 32.2. The molecule has 176 valence electrons. The molecule has 0 N–H and O–H groups in total. The van der Waals surface area contributed by atoms with E-state index in [-0.39, 0.29) is 11.4 Å². The van der Waals surface area contributed by atoms with Gasteiger partial charge in [-0.05, 0) is 61.7 Å². The van der Waals surface area contributed by atoms with Gasteiger partial charge in [0.1, 0.15) is 16.4 Å². The number of thioether (sulfide) groups is 1. The lowest BCUT2D eigenvalue weighted by molar-refractivity contribution is 0.206. The molecule has 0 saturated heterocycles. The molecule has 1 aliphatic rings. The number of rotatable bonds is 6. The van der Waals surface area contributed by atoms with E-state index in [1.165, 1.54) is 22.7 Å². The Balaban J connectivity index is 1.64. The van der Waals surface area contributed by atoms with Crippen LogP contribution in [0.15, 0.2) is 58.5 Å². The second-order valence-corrected chi connectivity index (χ2v) is 10.6. The van der Waals surface area contributed by atoms with Crippen molar-refractivity contribution >= 4 is 33.3 Å². The third-order valence-electron chi connectivity index (χ3n) is 6.25. The van der Waals surface area contributed by atoms with Crippen LogP contribution in [0.5, 0.6) is 5.75 Å². The molecule has 1 aliphatic heterocycles. The Hall–Kier alpha value is -2.68. The van der Waals surface area contributed by atoms with E-state index >= 15 is 0 Å². The molecule has 2 aromatic heterocycles. The number of halogens is 1. The van der Waals surface area contributed by atoms with Crippen LogP contribution in [0.4, 0.5) is 4.39 Å². The molecular formula is C26H26FN3O2S2. The number of aromatic nitrogens is 2. The van der Waals surface area contributed by atoms with Crippen LogP contribution in [0.1, 0.15) is 29.9 Å². The number of ether oxygens (including phenoxy) is 1. The van der Waals surface area contributed by atoms with Gasteiger partial charge in [-0.1, -0.05) is 30.0 Å². The molecule has 0 unspecified atom stereocenters. The number of nitrogens with zero attached hydrogens (tertiary/aromatic N) is 3. The van der Waals surface area contributed by atoms with Crippen molar-refractivity contribution in [2.45, 2.75) is 43.8 Å². The fourth-order valence-electron chi connectivity index (χ4n) is 4.30. The Morgan fingerprint density at radius 2 is 1.94 bits per heavy atom. The highest BCUT2D eigenvalue weighted by Gasteiger charge is 2.26. The van der Waals surface area contributed by atoms with Crippen molar-refractivity contribution in [3.8, 4) is 11.4 Å². The van der Waals surface area contributed by atoms with Crippen molar-refractivity contribution in [2.75, 3.05) is 13.7 Å². The molecule has 0 saturated carbocycles. The molecule has 3 heterocycles. The molecular weight excluding hydrogens is 469 g/mol. The summed E-state index contributed by atoms with van der Waals surface area (Å²) in [5, 5.41) is 1.28. The average molecular weight is 496 g/mol. The average Bonchev–Trinajstić information content (AvgIpc) is 3.21. The predicted molar refractivity (Wildman–Crippen MR) is 137 cm³/mol. The summed E-state index contributed by atoms with van der Waals surface area (Å²) in [5.74, 6) is 0.843. The van der Waals surface area contributed by atoms with E-state index in [0.29, 0.717) is 28.3 Å². The van der Waals surface area contributed by atoms with Crippen LogP contribution in [0.2, 0.25) is 0 Å². The van der Waals surface area contributed by atoms with Gasteiger partial charge in [0, 0.05) is 29.8 Å². The minimum absolute atomic E-state index is 0.0679. The maximum atomic E-state index is 14.3. The standard InChI is InChI=1S/C26H26FN3O2S2/c1-16(2)29-13-12-20-22(14-29)34-24-23(20)25(31)30(18-8-10-19(32-3)11-9-18)26(28-24)33-15-17-6-4-5-7-21(17)27/h4-11,16H,12-15H2,1-3H3. The Bertz CT molecular complexity index is 1400. The van der Waals surface area contributed by atoms with Crippen LogP contribution in [-0.2, 0) is 18.7 Å². The summed E-state index contributed by atoms with van der Waals surface area (Å²) in [7, 11) is 1.61. The largest absolute Gasteiger partial charge is 0.497 e. The summed E-state index contributed by atoms with van der Waals surface area (Å²) in [6, 6.07) is 14.6. The third kappa shape index (κ3) is 4.26. The summed E-state index contributed by atoms with van der Waals surface area (Å²) < 4.78 is 21.2. The minimum Gasteiger partial charge on any atom is -0.497 e. The molecule has 0 fully saturated rings. The highest BCUT2D eigenvalue weighted by molar-refractivity contribution is 7.98. The molecule has 0 atom stereocenters. The van der Waals surface area contributed by atoms with Crippen LogP contribution in [0, 0.1) is 5.82 Å². The normalized spacial score (nSPS) is 14.0. The van der Waals surface area contributed by atoms with Crippen LogP contribution in [0.25, 0.3) is 15.9 Å². The first-order chi connectivity index (χ1) is 16.5. The molecule has 0 amide bonds. The molecule has 2 aromatic carbocycles. The first kappa shape index (κ1) is 23.1. The third-order valence-corrected chi connectivity index (χ3v) is 8.35. The molecule has 34 heavy (non-hydrogen) atoms. The van der Waals surface area contributed by atoms with E-state index in [4.69, 9.17) is 9.72 Å². The van der Waals surface area contributed by atoms with E-state index in [9.17, 15) is 9.18 Å². The number of hydrogen-bond donors (Lipinski definition) is 0. The summed E-state index contributed by atoms with van der Waals surface area (Å²) in [5.41, 5.74) is 2.36. The fraction of sp³-hybridized carbons (Fsp3) is 0.308. The van der Waals surface area contributed by atoms with Gasteiger partial charge in [-0.3, -0.25) is 14.3 Å². The van der Waals surface area contributed by atoms with Crippen molar-refractivity contribution in [1.29, 1.82) is 0 Å². The first-order valence-corrected chi connectivity index (χ1v) is 13.1. The van der Waals surface area contributed by atoms with Crippen LogP contribution in [-0.4, -0.2) is 34.1 Å². The quantitative estimate of drug-likeness (QED) is 0.255. The molecule has 0 spiro atoms. The van der Waals surface area contributed by atoms with Gasteiger partial charge in [0.25, 0.3) is 5.56 Å². The smallest absolute Gasteiger partial charge is 0.267 e. The second kappa shape index (κ2) is 9.52. The molecule has 0 aliphatic carbocycles. The summed E-state index contributed by atoms with van der Waals surface area (Å²) in [6.45, 7) is 6.17. The summed E-state index contributed by atoms with van der Waals surface area (Å²) in [6.07, 6.45) is 0.842. The van der Waals surface area contributed by atoms with Gasteiger partial charge in [0.05, 0.1) is 18.2 Å². The lowest BCUT2D eigenvalue weighted by atomic mass is 10.0. The fourth-order valence-corrected chi connectivity index (χ4v) is 6.58. The van der Waals surface area contributed by atoms with Gasteiger partial charge in [-0.2, -0.15) is 0 Å². The molecule has 5 nitrogen and oxygen atoms in total. The van der Waals surface area contributed by atoms with Crippen molar-refractivity contribution in [3.05, 3.63) is 80.7 Å². The van der Waals surface area contributed by atoms with Crippen LogP contribution >= 0.6 is 23.1 Å². The lowest BCUT2D eigenvalue weighted by Gasteiger charge is -2.30. The summed E-state index contributed by atoms with van der Waals surface area (Å²) in [4.78, 5) is 23.3. The first-order valence-electron chi connectivity index (χ1n) is 11.3. The van der Waals surface area contributed by atoms with Gasteiger partial charge in [-0.15, -0.1) is 11.3 Å². The number of thiophene rings is 1. The van der Waals surface area contributed by atoms with Crippen LogP contribution in [0.3, 0.4) is 0 Å². The second-order valence-electron chi connectivity index (χ2n) is 8.61. The minimum atomic E-state index is -0.255. The van der Waals surface area contributed by atoms with Gasteiger partial charge >= 0.3 is 0 Å². The Labute approximate surface area is 206 Å². The molecule has 5 rings (SSSR count). The topological polar surface area (TPSA) is 47.4 Å². The zero-order chi connectivity index (χ0) is 23.8. The zero-order valence-corrected chi connectivity index (χ0v) is 21.0. The Morgan fingerprint density at radius 3 is 2.65 bits per heavy atom. The number of hydrogen-bond acceptors (Lipinski definition) is 6. The molecule has 4 aromatic rings. The van der Waals surface area contributed by atoms with Crippen molar-refractivity contribution in [3.63, 3.8) is 0 Å².